The molecule has 2 atom stereocenters. The summed E-state index contributed by atoms with van der Waals surface area (Å²) in [5.74, 6) is 1.63. The van der Waals surface area contributed by atoms with Gasteiger partial charge in [0, 0.05) is 63.9 Å². The summed E-state index contributed by atoms with van der Waals surface area (Å²) >= 11 is 0. The Morgan fingerprint density at radius 2 is 1.90 bits per heavy atom. The van der Waals surface area contributed by atoms with E-state index in [4.69, 9.17) is 10.1 Å². The summed E-state index contributed by atoms with van der Waals surface area (Å²) in [6, 6.07) is 9.84. The molecule has 0 saturated carbocycles. The molecule has 3 aliphatic rings. The van der Waals surface area contributed by atoms with Gasteiger partial charge in [0.1, 0.15) is 11.6 Å². The molecule has 2 fully saturated rings. The molecule has 206 valence electrons. The second-order valence-corrected chi connectivity index (χ2v) is 11.1. The van der Waals surface area contributed by atoms with Gasteiger partial charge in [-0.15, -0.1) is 0 Å². The van der Waals surface area contributed by atoms with E-state index in [0.29, 0.717) is 56.7 Å². The van der Waals surface area contributed by atoms with E-state index < -0.39 is 0 Å². The fourth-order valence-electron chi connectivity index (χ4n) is 6.07. The molecule has 0 aliphatic carbocycles. The number of nitrogens with one attached hydrogen (secondary N) is 1. The number of hydrogen-bond acceptors (Lipinski definition) is 7. The number of aromatic nitrogens is 3. The zero-order valence-corrected chi connectivity index (χ0v) is 22.8. The van der Waals surface area contributed by atoms with Crippen LogP contribution >= 0.6 is 0 Å². The van der Waals surface area contributed by atoms with Crippen molar-refractivity contribution in [3.05, 3.63) is 52.7 Å². The normalized spacial score (nSPS) is 22.8. The van der Waals surface area contributed by atoms with Crippen molar-refractivity contribution >= 4 is 29.1 Å². The number of aryl methyl sites for hydroxylation is 2. The first-order chi connectivity index (χ1) is 18.9. The Bertz CT molecular complexity index is 1400. The number of likely N-dealkylation sites (N-methyl/N-ethyl adjacent to an activating group) is 1. The predicted molar refractivity (Wildman–Crippen MR) is 149 cm³/mol. The van der Waals surface area contributed by atoms with Gasteiger partial charge < -0.3 is 25.1 Å². The monoisotopic (exact) mass is 531 g/mol. The Kier molecular flexibility index (Phi) is 6.88. The van der Waals surface area contributed by atoms with Gasteiger partial charge in [-0.1, -0.05) is 17.7 Å². The lowest BCUT2D eigenvalue weighted by Gasteiger charge is -2.35. The van der Waals surface area contributed by atoms with Gasteiger partial charge in [-0.25, -0.2) is 4.98 Å². The number of nitrogens with zero attached hydrogens (tertiary/aromatic N) is 6. The minimum atomic E-state index is -0.359. The van der Waals surface area contributed by atoms with Crippen molar-refractivity contribution in [2.45, 2.75) is 57.6 Å². The molecule has 3 aromatic rings. The minimum Gasteiger partial charge on any atom is -0.391 e. The summed E-state index contributed by atoms with van der Waals surface area (Å²) in [6.07, 6.45) is 4.03. The van der Waals surface area contributed by atoms with Crippen LogP contribution in [0.4, 0.5) is 11.6 Å². The van der Waals surface area contributed by atoms with Crippen LogP contribution in [0.15, 0.2) is 30.3 Å². The van der Waals surface area contributed by atoms with Crippen LogP contribution in [0, 0.1) is 6.92 Å². The van der Waals surface area contributed by atoms with E-state index in [1.165, 1.54) is 0 Å². The number of benzene rings is 1. The van der Waals surface area contributed by atoms with Crippen LogP contribution in [-0.2, 0) is 11.2 Å². The molecule has 2 saturated heterocycles. The number of carbonyl (C=O) groups is 2. The maximum atomic E-state index is 14.1. The van der Waals surface area contributed by atoms with Crippen molar-refractivity contribution in [3.63, 3.8) is 0 Å². The standard InChI is InChI=1S/C29H37N7O3/c1-19-6-7-20-8-9-27(38)30-11-14-33(2)28-17-25(34-13-10-21(37)18-34)31-26-16-23(32-36(26)28)24-5-3-4-12-35(24)29(39)22(20)15-19/h6-7,15-17,21,24,37H,3-5,8-14,18H2,1-2H3,(H,30,38). The number of amides is 2. The summed E-state index contributed by atoms with van der Waals surface area (Å²) in [5.41, 5.74) is 4.18. The lowest BCUT2D eigenvalue weighted by Crippen LogP contribution is -2.39. The predicted octanol–water partition coefficient (Wildman–Crippen LogP) is 2.47. The molecule has 2 unspecified atom stereocenters. The van der Waals surface area contributed by atoms with Crippen molar-refractivity contribution in [1.29, 1.82) is 0 Å². The topological polar surface area (TPSA) is 106 Å². The number of fused-ring (bicyclic) bond motifs is 4. The highest BCUT2D eigenvalue weighted by Crippen LogP contribution is 2.34. The Morgan fingerprint density at radius 3 is 2.72 bits per heavy atom. The lowest BCUT2D eigenvalue weighted by molar-refractivity contribution is -0.121. The highest BCUT2D eigenvalue weighted by atomic mass is 16.3. The van der Waals surface area contributed by atoms with Gasteiger partial charge in [-0.3, -0.25) is 9.59 Å². The van der Waals surface area contributed by atoms with E-state index in [2.05, 4.69) is 15.1 Å². The summed E-state index contributed by atoms with van der Waals surface area (Å²) in [7, 11) is 1.99. The van der Waals surface area contributed by atoms with Gasteiger partial charge >= 0.3 is 0 Å². The number of carbonyl (C=O) groups excluding carboxylic acids is 2. The molecular formula is C29H37N7O3. The van der Waals surface area contributed by atoms with Crippen molar-refractivity contribution < 1.29 is 14.7 Å². The van der Waals surface area contributed by atoms with Crippen LogP contribution in [0.25, 0.3) is 5.65 Å². The highest BCUT2D eigenvalue weighted by Gasteiger charge is 2.33. The van der Waals surface area contributed by atoms with Crippen molar-refractivity contribution in [3.8, 4) is 0 Å². The fourth-order valence-corrected chi connectivity index (χ4v) is 6.07. The minimum absolute atomic E-state index is 0.00000233. The van der Waals surface area contributed by atoms with Crippen LogP contribution in [0.3, 0.4) is 0 Å². The van der Waals surface area contributed by atoms with Gasteiger partial charge in [0.2, 0.25) is 5.91 Å². The van der Waals surface area contributed by atoms with Crippen LogP contribution in [0.5, 0.6) is 0 Å². The molecule has 5 heterocycles. The summed E-state index contributed by atoms with van der Waals surface area (Å²) in [6.45, 7) is 5.05. The van der Waals surface area contributed by atoms with Crippen LogP contribution in [-0.4, -0.2) is 82.3 Å². The van der Waals surface area contributed by atoms with E-state index in [1.54, 1.807) is 0 Å². The third kappa shape index (κ3) is 5.05. The number of aliphatic hydroxyl groups is 1. The Balaban J connectivity index is 1.46. The molecule has 2 N–H and O–H groups in total. The first-order valence-corrected chi connectivity index (χ1v) is 14.1. The zero-order valence-electron chi connectivity index (χ0n) is 22.8. The molecule has 2 bridgehead atoms. The molecule has 3 aliphatic heterocycles. The molecule has 39 heavy (non-hydrogen) atoms. The van der Waals surface area contributed by atoms with Crippen LogP contribution in [0.2, 0.25) is 0 Å². The van der Waals surface area contributed by atoms with Crippen LogP contribution < -0.4 is 15.1 Å². The van der Waals surface area contributed by atoms with Gasteiger partial charge in [0.25, 0.3) is 5.91 Å². The van der Waals surface area contributed by atoms with E-state index in [-0.39, 0.29) is 24.0 Å². The summed E-state index contributed by atoms with van der Waals surface area (Å²) in [5, 5.41) is 18.2. The molecule has 10 nitrogen and oxygen atoms in total. The molecule has 0 spiro atoms. The number of β-amino-alcohol motifs (C(OH)–C–C–N with tert-alkyl or cyclic N) is 1. The fraction of sp³-hybridized carbons (Fsp3) is 0.517. The third-order valence-electron chi connectivity index (χ3n) is 8.28. The van der Waals surface area contributed by atoms with Crippen molar-refractivity contribution in [2.24, 2.45) is 0 Å². The number of rotatable bonds is 1. The first-order valence-electron chi connectivity index (χ1n) is 14.1. The third-order valence-corrected chi connectivity index (χ3v) is 8.28. The maximum Gasteiger partial charge on any atom is 0.254 e. The smallest absolute Gasteiger partial charge is 0.254 e. The van der Waals surface area contributed by atoms with E-state index in [9.17, 15) is 14.7 Å². The molecule has 2 amide bonds. The van der Waals surface area contributed by atoms with Gasteiger partial charge in [-0.05, 0) is 50.7 Å². The number of aliphatic hydroxyl groups excluding tert-OH is 1. The number of anilines is 2. The summed E-state index contributed by atoms with van der Waals surface area (Å²) in [4.78, 5) is 37.9. The number of hydrogen-bond donors (Lipinski definition) is 2. The second kappa shape index (κ2) is 10.5. The molecule has 2 aromatic heterocycles. The Hall–Kier alpha value is -3.66. The van der Waals surface area contributed by atoms with Gasteiger partial charge in [-0.2, -0.15) is 9.61 Å². The molecule has 1 aromatic carbocycles. The molecule has 0 radical (unpaired) electrons. The van der Waals surface area contributed by atoms with Crippen molar-refractivity contribution in [1.82, 2.24) is 24.8 Å². The number of piperidine rings is 1. The molecule has 10 heteroatoms. The molecule has 6 rings (SSSR count). The lowest BCUT2D eigenvalue weighted by atomic mass is 9.95. The van der Waals surface area contributed by atoms with Crippen molar-refractivity contribution in [2.75, 3.05) is 49.6 Å². The quantitative estimate of drug-likeness (QED) is 0.497. The summed E-state index contributed by atoms with van der Waals surface area (Å²) < 4.78 is 1.86. The Morgan fingerprint density at radius 1 is 1.03 bits per heavy atom. The second-order valence-electron chi connectivity index (χ2n) is 11.1. The van der Waals surface area contributed by atoms with Gasteiger partial charge in [0.05, 0.1) is 17.8 Å². The van der Waals surface area contributed by atoms with Crippen LogP contribution in [0.1, 0.15) is 65.3 Å². The maximum absolute atomic E-state index is 14.1. The first kappa shape index (κ1) is 25.6. The average Bonchev–Trinajstić information content (AvgIpc) is 3.57. The zero-order chi connectivity index (χ0) is 27.1. The highest BCUT2D eigenvalue weighted by molar-refractivity contribution is 5.96. The SMILES string of the molecule is Cc1ccc2c(c1)C(=O)N1CCCCC1c1cc3nc(N4CCC(O)C4)cc(n3n1)N(C)CCNC(=O)CC2. The largest absolute Gasteiger partial charge is 0.391 e. The molecular weight excluding hydrogens is 494 g/mol. The van der Waals surface area contributed by atoms with Gasteiger partial charge in [0.15, 0.2) is 5.65 Å². The Labute approximate surface area is 228 Å². The average molecular weight is 532 g/mol. The van der Waals surface area contributed by atoms with E-state index in [1.807, 2.05) is 53.7 Å². The van der Waals surface area contributed by atoms with E-state index in [0.717, 1.165) is 54.3 Å². The van der Waals surface area contributed by atoms with E-state index >= 15 is 0 Å².